The molecule has 0 aromatic heterocycles. The summed E-state index contributed by atoms with van der Waals surface area (Å²) >= 11 is 0. The quantitative estimate of drug-likeness (QED) is 0.785. The molecule has 0 bridgehead atoms. The van der Waals surface area contributed by atoms with Crippen molar-refractivity contribution in [3.05, 3.63) is 0 Å². The molecule has 1 N–H and O–H groups in total. The molecule has 2 aliphatic rings. The van der Waals surface area contributed by atoms with E-state index in [9.17, 15) is 8.42 Å². The monoisotopic (exact) mass is 289 g/mol. The van der Waals surface area contributed by atoms with Crippen LogP contribution in [0.25, 0.3) is 0 Å². The van der Waals surface area contributed by atoms with E-state index in [1.807, 2.05) is 0 Å². The van der Waals surface area contributed by atoms with Crippen LogP contribution in [-0.2, 0) is 10.0 Å². The molecule has 5 nitrogen and oxygen atoms in total. The van der Waals surface area contributed by atoms with Gasteiger partial charge in [0, 0.05) is 45.8 Å². The first-order valence-electron chi connectivity index (χ1n) is 7.40. The van der Waals surface area contributed by atoms with Crippen molar-refractivity contribution >= 4 is 10.0 Å². The van der Waals surface area contributed by atoms with Crippen molar-refractivity contribution < 1.29 is 8.42 Å². The molecule has 0 aromatic carbocycles. The molecule has 0 radical (unpaired) electrons. The smallest absolute Gasteiger partial charge is 0.215 e. The fraction of sp³-hybridized carbons (Fsp3) is 1.00. The average Bonchev–Trinajstić information content (AvgIpc) is 2.88. The highest BCUT2D eigenvalue weighted by Crippen LogP contribution is 2.25. The Hall–Kier alpha value is -0.170. The predicted molar refractivity (Wildman–Crippen MR) is 77.6 cm³/mol. The average molecular weight is 289 g/mol. The van der Waals surface area contributed by atoms with E-state index in [0.29, 0.717) is 24.9 Å². The molecule has 1 atom stereocenters. The van der Waals surface area contributed by atoms with Crippen LogP contribution >= 0.6 is 0 Å². The van der Waals surface area contributed by atoms with Crippen molar-refractivity contribution in [1.82, 2.24) is 14.5 Å². The zero-order valence-electron chi connectivity index (χ0n) is 12.1. The fourth-order valence-corrected chi connectivity index (χ4v) is 4.41. The Morgan fingerprint density at radius 1 is 1.21 bits per heavy atom. The van der Waals surface area contributed by atoms with E-state index >= 15 is 0 Å². The number of nitrogens with zero attached hydrogens (tertiary/aromatic N) is 2. The summed E-state index contributed by atoms with van der Waals surface area (Å²) in [6.07, 6.45) is 1.02. The lowest BCUT2D eigenvalue weighted by Crippen LogP contribution is -2.46. The van der Waals surface area contributed by atoms with E-state index in [-0.39, 0.29) is 5.75 Å². The molecule has 2 fully saturated rings. The molecule has 2 heterocycles. The lowest BCUT2D eigenvalue weighted by molar-refractivity contribution is 0.252. The van der Waals surface area contributed by atoms with Crippen molar-refractivity contribution in [2.24, 2.45) is 11.8 Å². The summed E-state index contributed by atoms with van der Waals surface area (Å²) in [6.45, 7) is 10.3. The number of hydrogen-bond acceptors (Lipinski definition) is 4. The van der Waals surface area contributed by atoms with Gasteiger partial charge in [0.05, 0.1) is 5.75 Å². The van der Waals surface area contributed by atoms with Gasteiger partial charge in [0.2, 0.25) is 10.0 Å². The molecule has 6 heteroatoms. The summed E-state index contributed by atoms with van der Waals surface area (Å²) in [5.74, 6) is 1.39. The first kappa shape index (κ1) is 15.2. The minimum absolute atomic E-state index is 0.276. The standard InChI is InChI=1S/C13H27N3O2S/c1-12(2)13-3-6-16(11-13)19(17,18)10-9-15-7-4-14-5-8-15/h12-14H,3-11H2,1-2H3. The molecule has 112 valence electrons. The van der Waals surface area contributed by atoms with Gasteiger partial charge in [0.15, 0.2) is 0 Å². The third-order valence-corrected chi connectivity index (χ3v) is 6.22. The minimum atomic E-state index is -3.05. The highest BCUT2D eigenvalue weighted by Gasteiger charge is 2.32. The lowest BCUT2D eigenvalue weighted by atomic mass is 9.96. The number of sulfonamides is 1. The molecule has 0 aromatic rings. The molecule has 1 unspecified atom stereocenters. The topological polar surface area (TPSA) is 52.7 Å². The van der Waals surface area contributed by atoms with Gasteiger partial charge in [-0.3, -0.25) is 4.90 Å². The largest absolute Gasteiger partial charge is 0.314 e. The van der Waals surface area contributed by atoms with Crippen LogP contribution in [0.2, 0.25) is 0 Å². The van der Waals surface area contributed by atoms with E-state index < -0.39 is 10.0 Å². The Kier molecular flexibility index (Phi) is 5.22. The number of rotatable bonds is 5. The predicted octanol–water partition coefficient (Wildman–Crippen LogP) is 0.199. The van der Waals surface area contributed by atoms with E-state index in [4.69, 9.17) is 0 Å². The normalized spacial score (nSPS) is 27.2. The molecule has 0 amide bonds. The summed E-state index contributed by atoms with van der Waals surface area (Å²) < 4.78 is 26.4. The highest BCUT2D eigenvalue weighted by atomic mass is 32.2. The maximum absolute atomic E-state index is 12.3. The maximum atomic E-state index is 12.3. The first-order chi connectivity index (χ1) is 8.99. The van der Waals surface area contributed by atoms with E-state index in [0.717, 1.165) is 39.1 Å². The Morgan fingerprint density at radius 2 is 1.89 bits per heavy atom. The third kappa shape index (κ3) is 4.15. The van der Waals surface area contributed by atoms with Gasteiger partial charge in [-0.25, -0.2) is 12.7 Å². The third-order valence-electron chi connectivity index (χ3n) is 4.40. The lowest BCUT2D eigenvalue weighted by Gasteiger charge is -2.27. The highest BCUT2D eigenvalue weighted by molar-refractivity contribution is 7.89. The first-order valence-corrected chi connectivity index (χ1v) is 9.01. The zero-order valence-corrected chi connectivity index (χ0v) is 13.0. The minimum Gasteiger partial charge on any atom is -0.314 e. The zero-order chi connectivity index (χ0) is 13.9. The molecule has 0 aliphatic carbocycles. The van der Waals surface area contributed by atoms with Crippen LogP contribution < -0.4 is 5.32 Å². The molecule has 2 rings (SSSR count). The molecule has 19 heavy (non-hydrogen) atoms. The van der Waals surface area contributed by atoms with Gasteiger partial charge in [-0.15, -0.1) is 0 Å². The number of nitrogens with one attached hydrogen (secondary N) is 1. The van der Waals surface area contributed by atoms with Gasteiger partial charge in [0.25, 0.3) is 0 Å². The van der Waals surface area contributed by atoms with Crippen LogP contribution in [0.15, 0.2) is 0 Å². The van der Waals surface area contributed by atoms with Crippen LogP contribution in [0.4, 0.5) is 0 Å². The van der Waals surface area contributed by atoms with Crippen LogP contribution in [0, 0.1) is 11.8 Å². The Morgan fingerprint density at radius 3 is 2.47 bits per heavy atom. The summed E-state index contributed by atoms with van der Waals surface area (Å²) in [4.78, 5) is 2.24. The molecule has 2 saturated heterocycles. The van der Waals surface area contributed by atoms with Crippen molar-refractivity contribution in [2.75, 3.05) is 51.6 Å². The van der Waals surface area contributed by atoms with Gasteiger partial charge < -0.3 is 5.32 Å². The molecule has 2 aliphatic heterocycles. The van der Waals surface area contributed by atoms with Gasteiger partial charge in [-0.05, 0) is 18.3 Å². The molecular weight excluding hydrogens is 262 g/mol. The van der Waals surface area contributed by atoms with Crippen LogP contribution in [0.5, 0.6) is 0 Å². The summed E-state index contributed by atoms with van der Waals surface area (Å²) in [5.41, 5.74) is 0. The van der Waals surface area contributed by atoms with Crippen molar-refractivity contribution in [1.29, 1.82) is 0 Å². The van der Waals surface area contributed by atoms with Crippen LogP contribution in [0.1, 0.15) is 20.3 Å². The summed E-state index contributed by atoms with van der Waals surface area (Å²) in [6, 6.07) is 0. The van der Waals surface area contributed by atoms with E-state index in [1.165, 1.54) is 0 Å². The summed E-state index contributed by atoms with van der Waals surface area (Å²) in [5, 5.41) is 3.28. The second kappa shape index (κ2) is 6.52. The summed E-state index contributed by atoms with van der Waals surface area (Å²) in [7, 11) is -3.05. The number of piperazine rings is 1. The van der Waals surface area contributed by atoms with Gasteiger partial charge >= 0.3 is 0 Å². The second-order valence-corrected chi connectivity index (χ2v) is 8.15. The molecule has 0 spiro atoms. The van der Waals surface area contributed by atoms with E-state index in [1.54, 1.807) is 4.31 Å². The SMILES string of the molecule is CC(C)C1CCN(S(=O)(=O)CCN2CCNCC2)C1. The Balaban J connectivity index is 1.81. The second-order valence-electron chi connectivity index (χ2n) is 6.06. The van der Waals surface area contributed by atoms with Crippen molar-refractivity contribution in [3.63, 3.8) is 0 Å². The molecule has 0 saturated carbocycles. The van der Waals surface area contributed by atoms with Crippen molar-refractivity contribution in [3.8, 4) is 0 Å². The van der Waals surface area contributed by atoms with E-state index in [2.05, 4.69) is 24.1 Å². The van der Waals surface area contributed by atoms with Gasteiger partial charge in [-0.1, -0.05) is 13.8 Å². The Labute approximate surface area is 117 Å². The van der Waals surface area contributed by atoms with Gasteiger partial charge in [-0.2, -0.15) is 0 Å². The van der Waals surface area contributed by atoms with Crippen LogP contribution in [0.3, 0.4) is 0 Å². The number of hydrogen-bond donors (Lipinski definition) is 1. The molecular formula is C13H27N3O2S. The van der Waals surface area contributed by atoms with Crippen LogP contribution in [-0.4, -0.2) is 69.2 Å². The van der Waals surface area contributed by atoms with Crippen molar-refractivity contribution in [2.45, 2.75) is 20.3 Å². The maximum Gasteiger partial charge on any atom is 0.215 e. The fourth-order valence-electron chi connectivity index (χ4n) is 2.86. The van der Waals surface area contributed by atoms with Gasteiger partial charge in [0.1, 0.15) is 0 Å². The Bertz CT molecular complexity index is 377.